The molecule has 0 unspecified atom stereocenters. The highest BCUT2D eigenvalue weighted by Crippen LogP contribution is 2.33. The van der Waals surface area contributed by atoms with Gasteiger partial charge in [0.2, 0.25) is 5.91 Å². The Labute approximate surface area is 132 Å². The van der Waals surface area contributed by atoms with Crippen molar-refractivity contribution in [1.29, 1.82) is 5.26 Å². The van der Waals surface area contributed by atoms with Crippen LogP contribution in [-0.2, 0) is 4.79 Å². The number of nitrogens with one attached hydrogen (secondary N) is 1. The zero-order valence-electron chi connectivity index (χ0n) is 12.7. The number of nitriles is 1. The van der Waals surface area contributed by atoms with Crippen molar-refractivity contribution in [2.75, 3.05) is 18.4 Å². The predicted molar refractivity (Wildman–Crippen MR) is 79.6 cm³/mol. The maximum Gasteiger partial charge on any atom is 0.393 e. The van der Waals surface area contributed by atoms with E-state index in [1.165, 1.54) is 0 Å². The van der Waals surface area contributed by atoms with Crippen LogP contribution in [0.5, 0.6) is 0 Å². The molecule has 1 aromatic rings. The van der Waals surface area contributed by atoms with Gasteiger partial charge in [-0.15, -0.1) is 0 Å². The van der Waals surface area contributed by atoms with Crippen LogP contribution in [0.25, 0.3) is 0 Å². The van der Waals surface area contributed by atoms with Crippen molar-refractivity contribution in [3.8, 4) is 6.07 Å². The van der Waals surface area contributed by atoms with Gasteiger partial charge in [-0.1, -0.05) is 0 Å². The molecule has 23 heavy (non-hydrogen) atoms. The van der Waals surface area contributed by atoms with Crippen molar-refractivity contribution in [1.82, 2.24) is 4.90 Å². The van der Waals surface area contributed by atoms with Crippen molar-refractivity contribution < 1.29 is 18.0 Å². The molecule has 1 N–H and O–H groups in total. The SMILES string of the molecule is C[C@@H](C(=O)Nc1ccc(C#N)cc1)N1CCC[C@H](C(F)(F)F)C1. The number of amides is 1. The Kier molecular flexibility index (Phi) is 5.26. The first-order valence-corrected chi connectivity index (χ1v) is 7.43. The van der Waals surface area contributed by atoms with E-state index in [2.05, 4.69) is 5.32 Å². The Morgan fingerprint density at radius 2 is 2.04 bits per heavy atom. The Balaban J connectivity index is 1.97. The highest BCUT2D eigenvalue weighted by molar-refractivity contribution is 5.94. The Morgan fingerprint density at radius 3 is 2.61 bits per heavy atom. The number of carbonyl (C=O) groups excluding carboxylic acids is 1. The van der Waals surface area contributed by atoms with Gasteiger partial charge in [-0.3, -0.25) is 9.69 Å². The third-order valence-electron chi connectivity index (χ3n) is 4.12. The molecule has 1 heterocycles. The zero-order chi connectivity index (χ0) is 17.0. The summed E-state index contributed by atoms with van der Waals surface area (Å²) in [6.07, 6.45) is -3.68. The fraction of sp³-hybridized carbons (Fsp3) is 0.500. The monoisotopic (exact) mass is 325 g/mol. The zero-order valence-corrected chi connectivity index (χ0v) is 12.7. The summed E-state index contributed by atoms with van der Waals surface area (Å²) in [5, 5.41) is 11.4. The molecule has 1 aromatic carbocycles. The quantitative estimate of drug-likeness (QED) is 0.929. The van der Waals surface area contributed by atoms with Crippen LogP contribution >= 0.6 is 0 Å². The van der Waals surface area contributed by atoms with Crippen molar-refractivity contribution in [2.45, 2.75) is 32.0 Å². The summed E-state index contributed by atoms with van der Waals surface area (Å²) in [5.41, 5.74) is 0.991. The fourth-order valence-corrected chi connectivity index (χ4v) is 2.67. The number of rotatable bonds is 3. The summed E-state index contributed by atoms with van der Waals surface area (Å²) < 4.78 is 38.5. The number of halogens is 3. The Bertz CT molecular complexity index is 592. The number of hydrogen-bond acceptors (Lipinski definition) is 3. The summed E-state index contributed by atoms with van der Waals surface area (Å²) >= 11 is 0. The van der Waals surface area contributed by atoms with Gasteiger partial charge in [-0.05, 0) is 50.6 Å². The fourth-order valence-electron chi connectivity index (χ4n) is 2.67. The molecule has 1 fully saturated rings. The van der Waals surface area contributed by atoms with Crippen molar-refractivity contribution in [2.24, 2.45) is 5.92 Å². The maximum atomic E-state index is 12.8. The lowest BCUT2D eigenvalue weighted by Crippen LogP contribution is -2.49. The van der Waals surface area contributed by atoms with Crippen LogP contribution in [0.1, 0.15) is 25.3 Å². The molecule has 7 heteroatoms. The van der Waals surface area contributed by atoms with E-state index >= 15 is 0 Å². The van der Waals surface area contributed by atoms with Gasteiger partial charge in [-0.2, -0.15) is 18.4 Å². The van der Waals surface area contributed by atoms with Crippen molar-refractivity contribution in [3.05, 3.63) is 29.8 Å². The highest BCUT2D eigenvalue weighted by Gasteiger charge is 2.43. The predicted octanol–water partition coefficient (Wildman–Crippen LogP) is 3.16. The van der Waals surface area contributed by atoms with Gasteiger partial charge in [-0.25, -0.2) is 0 Å². The van der Waals surface area contributed by atoms with Crippen LogP contribution in [0.3, 0.4) is 0 Å². The van der Waals surface area contributed by atoms with Crippen LogP contribution in [0.4, 0.5) is 18.9 Å². The largest absolute Gasteiger partial charge is 0.393 e. The minimum Gasteiger partial charge on any atom is -0.325 e. The van der Waals surface area contributed by atoms with Crippen LogP contribution in [0, 0.1) is 17.2 Å². The second kappa shape index (κ2) is 7.01. The molecular weight excluding hydrogens is 307 g/mol. The third-order valence-corrected chi connectivity index (χ3v) is 4.12. The second-order valence-corrected chi connectivity index (χ2v) is 5.73. The lowest BCUT2D eigenvalue weighted by Gasteiger charge is -2.36. The first kappa shape index (κ1) is 17.3. The molecular formula is C16H18F3N3O. The van der Waals surface area contributed by atoms with E-state index < -0.39 is 18.1 Å². The van der Waals surface area contributed by atoms with Crippen molar-refractivity contribution >= 4 is 11.6 Å². The number of nitrogens with zero attached hydrogens (tertiary/aromatic N) is 2. The van der Waals surface area contributed by atoms with Crippen molar-refractivity contribution in [3.63, 3.8) is 0 Å². The summed E-state index contributed by atoms with van der Waals surface area (Å²) in [6, 6.07) is 7.66. The van der Waals surface area contributed by atoms with Crippen LogP contribution < -0.4 is 5.32 Å². The Hall–Kier alpha value is -2.07. The van der Waals surface area contributed by atoms with Gasteiger partial charge >= 0.3 is 6.18 Å². The summed E-state index contributed by atoms with van der Waals surface area (Å²) in [4.78, 5) is 13.8. The van der Waals surface area contributed by atoms with Crippen LogP contribution in [-0.4, -0.2) is 36.1 Å². The minimum absolute atomic E-state index is 0.115. The van der Waals surface area contributed by atoms with Gasteiger partial charge in [0.25, 0.3) is 0 Å². The van der Waals surface area contributed by atoms with Gasteiger partial charge in [0.15, 0.2) is 0 Å². The molecule has 2 atom stereocenters. The van der Waals surface area contributed by atoms with Gasteiger partial charge in [0, 0.05) is 12.2 Å². The van der Waals surface area contributed by atoms with E-state index in [0.717, 1.165) is 0 Å². The molecule has 124 valence electrons. The number of alkyl halides is 3. The number of carbonyl (C=O) groups is 1. The van der Waals surface area contributed by atoms with Gasteiger partial charge in [0.1, 0.15) is 0 Å². The minimum atomic E-state index is -4.22. The van der Waals surface area contributed by atoms with Crippen LogP contribution in [0.15, 0.2) is 24.3 Å². The van der Waals surface area contributed by atoms with E-state index in [1.54, 1.807) is 36.1 Å². The van der Waals surface area contributed by atoms with E-state index in [-0.39, 0.29) is 18.9 Å². The first-order valence-electron chi connectivity index (χ1n) is 7.43. The van der Waals surface area contributed by atoms with E-state index in [1.807, 2.05) is 6.07 Å². The standard InChI is InChI=1S/C16H18F3N3O/c1-11(22-8-2-3-13(10-22)16(17,18)19)15(23)21-14-6-4-12(9-20)5-7-14/h4-7,11,13H,2-3,8,10H2,1H3,(H,21,23)/t11-,13-/m0/s1. The van der Waals surface area contributed by atoms with Gasteiger partial charge < -0.3 is 5.32 Å². The molecule has 0 saturated carbocycles. The van der Waals surface area contributed by atoms with E-state index in [9.17, 15) is 18.0 Å². The molecule has 1 aliphatic heterocycles. The molecule has 1 saturated heterocycles. The molecule has 2 rings (SSSR count). The second-order valence-electron chi connectivity index (χ2n) is 5.73. The van der Waals surface area contributed by atoms with E-state index in [4.69, 9.17) is 5.26 Å². The average molecular weight is 325 g/mol. The molecule has 0 radical (unpaired) electrons. The molecule has 1 amide bonds. The van der Waals surface area contributed by atoms with E-state index in [0.29, 0.717) is 24.2 Å². The highest BCUT2D eigenvalue weighted by atomic mass is 19.4. The van der Waals surface area contributed by atoms with Crippen LogP contribution in [0.2, 0.25) is 0 Å². The topological polar surface area (TPSA) is 56.1 Å². The number of anilines is 1. The normalized spacial score (nSPS) is 20.6. The first-order chi connectivity index (χ1) is 10.8. The molecule has 0 aromatic heterocycles. The summed E-state index contributed by atoms with van der Waals surface area (Å²) in [5.74, 6) is -1.72. The molecule has 0 bridgehead atoms. The number of benzene rings is 1. The molecule has 0 aliphatic carbocycles. The number of hydrogen-bond donors (Lipinski definition) is 1. The molecule has 1 aliphatic rings. The smallest absolute Gasteiger partial charge is 0.325 e. The maximum absolute atomic E-state index is 12.8. The average Bonchev–Trinajstić information content (AvgIpc) is 2.54. The summed E-state index contributed by atoms with van der Waals surface area (Å²) in [7, 11) is 0. The lowest BCUT2D eigenvalue weighted by molar-refractivity contribution is -0.188. The van der Waals surface area contributed by atoms with Gasteiger partial charge in [0.05, 0.1) is 23.6 Å². The number of likely N-dealkylation sites (tertiary alicyclic amines) is 1. The summed E-state index contributed by atoms with van der Waals surface area (Å²) in [6.45, 7) is 1.94. The Morgan fingerprint density at radius 1 is 1.39 bits per heavy atom. The third kappa shape index (κ3) is 4.45. The molecule has 4 nitrogen and oxygen atoms in total. The lowest BCUT2D eigenvalue weighted by atomic mass is 9.96. The molecule has 0 spiro atoms. The number of piperidine rings is 1.